The van der Waals surface area contributed by atoms with E-state index in [4.69, 9.17) is 14.2 Å². The first-order chi connectivity index (χ1) is 20.7. The molecule has 0 aliphatic carbocycles. The summed E-state index contributed by atoms with van der Waals surface area (Å²) in [6, 6.07) is 25.0. The Morgan fingerprint density at radius 3 is 2.37 bits per heavy atom. The number of ether oxygens (including phenoxy) is 3. The van der Waals surface area contributed by atoms with Crippen molar-refractivity contribution in [3.05, 3.63) is 111 Å². The third kappa shape index (κ3) is 6.68. The van der Waals surface area contributed by atoms with Crippen molar-refractivity contribution < 1.29 is 28.6 Å². The molecule has 0 aliphatic heterocycles. The number of esters is 2. The number of aromatic amines is 1. The van der Waals surface area contributed by atoms with Gasteiger partial charge in [-0.1, -0.05) is 64.5 Å². The lowest BCUT2D eigenvalue weighted by molar-refractivity contribution is -0.132. The highest BCUT2D eigenvalue weighted by molar-refractivity contribution is 9.11. The Balaban J connectivity index is 1.40. The summed E-state index contributed by atoms with van der Waals surface area (Å²) in [6.07, 6.45) is 1.38. The molecule has 0 radical (unpaired) electrons. The number of methoxy groups -OCH3 is 1. The number of nitrogens with zero attached hydrogens (tertiary/aromatic N) is 1. The van der Waals surface area contributed by atoms with Crippen molar-refractivity contribution in [2.24, 2.45) is 5.10 Å². The van der Waals surface area contributed by atoms with Crippen LogP contribution in [0.2, 0.25) is 0 Å². The predicted molar refractivity (Wildman–Crippen MR) is 170 cm³/mol. The number of aromatic nitrogens is 1. The van der Waals surface area contributed by atoms with Gasteiger partial charge in [0.1, 0.15) is 5.69 Å². The third-order valence-electron chi connectivity index (χ3n) is 6.25. The summed E-state index contributed by atoms with van der Waals surface area (Å²) in [5.74, 6) is -1.13. The number of benzene rings is 4. The molecule has 11 heteroatoms. The number of hydrogen-bond donors (Lipinski definition) is 2. The van der Waals surface area contributed by atoms with Crippen molar-refractivity contribution in [3.8, 4) is 28.4 Å². The Labute approximate surface area is 263 Å². The second-order valence-corrected chi connectivity index (χ2v) is 10.9. The number of carbonyl (C=O) groups excluding carboxylic acids is 3. The summed E-state index contributed by atoms with van der Waals surface area (Å²) in [5.41, 5.74) is 5.96. The van der Waals surface area contributed by atoms with Crippen molar-refractivity contribution in [2.75, 3.05) is 7.11 Å². The molecule has 0 fully saturated rings. The molecule has 0 aliphatic rings. The topological polar surface area (TPSA) is 119 Å². The molecule has 0 saturated heterocycles. The van der Waals surface area contributed by atoms with Crippen LogP contribution in [-0.4, -0.2) is 36.2 Å². The van der Waals surface area contributed by atoms with E-state index in [0.29, 0.717) is 20.2 Å². The van der Waals surface area contributed by atoms with Crippen LogP contribution in [-0.2, 0) is 4.79 Å². The van der Waals surface area contributed by atoms with Gasteiger partial charge in [-0.3, -0.25) is 9.59 Å². The lowest BCUT2D eigenvalue weighted by Gasteiger charge is -2.12. The maximum absolute atomic E-state index is 13.3. The molecule has 1 heterocycles. The van der Waals surface area contributed by atoms with Crippen molar-refractivity contribution >= 4 is 66.8 Å². The van der Waals surface area contributed by atoms with Crippen LogP contribution in [0.5, 0.6) is 17.2 Å². The Hall–Kier alpha value is -4.74. The van der Waals surface area contributed by atoms with Gasteiger partial charge >= 0.3 is 11.9 Å². The van der Waals surface area contributed by atoms with Gasteiger partial charge in [0.05, 0.1) is 23.4 Å². The minimum absolute atomic E-state index is 0.158. The average Bonchev–Trinajstić information content (AvgIpc) is 3.39. The van der Waals surface area contributed by atoms with Crippen molar-refractivity contribution in [1.29, 1.82) is 0 Å². The highest BCUT2D eigenvalue weighted by Gasteiger charge is 2.20. The van der Waals surface area contributed by atoms with Gasteiger partial charge in [-0.05, 0) is 57.9 Å². The lowest BCUT2D eigenvalue weighted by Crippen LogP contribution is -2.19. The molecule has 9 nitrogen and oxygen atoms in total. The van der Waals surface area contributed by atoms with Gasteiger partial charge in [-0.25, -0.2) is 10.2 Å². The fraction of sp³-hybridized carbons (Fsp3) is 0.0625. The largest absolute Gasteiger partial charge is 0.493 e. The molecule has 0 bridgehead atoms. The van der Waals surface area contributed by atoms with E-state index >= 15 is 0 Å². The molecule has 43 heavy (non-hydrogen) atoms. The van der Waals surface area contributed by atoms with E-state index in [1.54, 1.807) is 12.1 Å². The molecule has 2 N–H and O–H groups in total. The summed E-state index contributed by atoms with van der Waals surface area (Å²) >= 11 is 6.87. The zero-order chi connectivity index (χ0) is 30.5. The number of H-pyrrole nitrogens is 1. The molecular weight excluding hydrogens is 682 g/mol. The number of amides is 1. The van der Waals surface area contributed by atoms with E-state index in [9.17, 15) is 14.4 Å². The molecule has 5 rings (SSSR count). The number of hydrazone groups is 1. The number of nitrogens with one attached hydrogen (secondary N) is 2. The van der Waals surface area contributed by atoms with Crippen molar-refractivity contribution in [3.63, 3.8) is 0 Å². The highest BCUT2D eigenvalue weighted by atomic mass is 79.9. The number of halogens is 2. The van der Waals surface area contributed by atoms with E-state index in [1.807, 2.05) is 54.6 Å². The first-order valence-electron chi connectivity index (χ1n) is 12.8. The van der Waals surface area contributed by atoms with E-state index in [2.05, 4.69) is 47.4 Å². The van der Waals surface area contributed by atoms with Gasteiger partial charge in [-0.15, -0.1) is 0 Å². The summed E-state index contributed by atoms with van der Waals surface area (Å²) in [4.78, 5) is 41.0. The van der Waals surface area contributed by atoms with Gasteiger partial charge in [-0.2, -0.15) is 5.10 Å². The van der Waals surface area contributed by atoms with E-state index < -0.39 is 17.8 Å². The minimum Gasteiger partial charge on any atom is -0.493 e. The Bertz CT molecular complexity index is 1890. The van der Waals surface area contributed by atoms with E-state index in [1.165, 1.54) is 38.4 Å². The second kappa shape index (κ2) is 13.1. The molecule has 0 saturated carbocycles. The van der Waals surface area contributed by atoms with Crippen LogP contribution in [0.1, 0.15) is 33.3 Å². The van der Waals surface area contributed by atoms with Crippen LogP contribution < -0.4 is 19.6 Å². The Kier molecular flexibility index (Phi) is 9.03. The second-order valence-electron chi connectivity index (χ2n) is 9.14. The fourth-order valence-electron chi connectivity index (χ4n) is 4.40. The number of para-hydroxylation sites is 1. The van der Waals surface area contributed by atoms with E-state index in [-0.39, 0.29) is 22.8 Å². The zero-order valence-corrected chi connectivity index (χ0v) is 26.0. The standard InChI is InChI=1S/C32H23Br2N3O6/c1-18(38)42-26-13-12-20(15-27(26)41-2)32(40)43-30-21(14-22(33)16-24(30)34)17-35-37-31(39)29-28(19-8-4-3-5-9-19)23-10-6-7-11-25(23)36-29/h3-17,36H,1-2H3,(H,37,39). The maximum Gasteiger partial charge on any atom is 0.343 e. The predicted octanol–water partition coefficient (Wildman–Crippen LogP) is 7.28. The molecule has 0 atom stereocenters. The zero-order valence-electron chi connectivity index (χ0n) is 22.8. The maximum atomic E-state index is 13.3. The molecule has 1 amide bonds. The number of carbonyl (C=O) groups is 3. The van der Waals surface area contributed by atoms with Crippen LogP contribution in [0.25, 0.3) is 22.0 Å². The van der Waals surface area contributed by atoms with Gasteiger partial charge in [0.25, 0.3) is 5.91 Å². The molecule has 1 aromatic heterocycles. The fourth-order valence-corrected chi connectivity index (χ4v) is 5.74. The van der Waals surface area contributed by atoms with Crippen LogP contribution in [0, 0.1) is 0 Å². The molecule has 5 aromatic rings. The number of fused-ring (bicyclic) bond motifs is 1. The average molecular weight is 705 g/mol. The summed E-state index contributed by atoms with van der Waals surface area (Å²) < 4.78 is 17.2. The van der Waals surface area contributed by atoms with Crippen molar-refractivity contribution in [2.45, 2.75) is 6.92 Å². The van der Waals surface area contributed by atoms with Crippen LogP contribution in [0.3, 0.4) is 0 Å². The summed E-state index contributed by atoms with van der Waals surface area (Å²) in [7, 11) is 1.39. The number of hydrogen-bond acceptors (Lipinski definition) is 7. The first kappa shape index (κ1) is 29.7. The van der Waals surface area contributed by atoms with Gasteiger partial charge in [0.15, 0.2) is 17.2 Å². The quantitative estimate of drug-likeness (QED) is 0.0759. The normalized spacial score (nSPS) is 11.0. The SMILES string of the molecule is COc1cc(C(=O)Oc2c(Br)cc(Br)cc2C=NNC(=O)c2[nH]c3ccccc3c2-c2ccccc2)ccc1OC(C)=O. The molecule has 0 unspecified atom stereocenters. The third-order valence-corrected chi connectivity index (χ3v) is 7.30. The van der Waals surface area contributed by atoms with E-state index in [0.717, 1.165) is 22.0 Å². The monoisotopic (exact) mass is 703 g/mol. The van der Waals surface area contributed by atoms with Gasteiger partial charge in [0, 0.05) is 33.4 Å². The minimum atomic E-state index is -0.694. The highest BCUT2D eigenvalue weighted by Crippen LogP contribution is 2.35. The summed E-state index contributed by atoms with van der Waals surface area (Å²) in [5, 5.41) is 5.07. The molecule has 4 aromatic carbocycles. The Morgan fingerprint density at radius 2 is 1.63 bits per heavy atom. The summed E-state index contributed by atoms with van der Waals surface area (Å²) in [6.45, 7) is 1.26. The number of rotatable bonds is 8. The van der Waals surface area contributed by atoms with Crippen molar-refractivity contribution in [1.82, 2.24) is 10.4 Å². The smallest absolute Gasteiger partial charge is 0.343 e. The lowest BCUT2D eigenvalue weighted by atomic mass is 10.0. The van der Waals surface area contributed by atoms with Gasteiger partial charge < -0.3 is 19.2 Å². The van der Waals surface area contributed by atoms with Gasteiger partial charge in [0.2, 0.25) is 0 Å². The molecule has 0 spiro atoms. The Morgan fingerprint density at radius 1 is 0.884 bits per heavy atom. The molecule has 216 valence electrons. The van der Waals surface area contributed by atoms with Crippen LogP contribution >= 0.6 is 31.9 Å². The first-order valence-corrected chi connectivity index (χ1v) is 14.4. The van der Waals surface area contributed by atoms with Crippen LogP contribution in [0.15, 0.2) is 99.0 Å². The molecular formula is C32H23Br2N3O6. The van der Waals surface area contributed by atoms with Crippen LogP contribution in [0.4, 0.5) is 0 Å².